The highest BCUT2D eigenvalue weighted by molar-refractivity contribution is 5.63. The molecule has 0 saturated carbocycles. The summed E-state index contributed by atoms with van der Waals surface area (Å²) in [5, 5.41) is 17.2. The third-order valence-electron chi connectivity index (χ3n) is 2.95. The zero-order valence-electron chi connectivity index (χ0n) is 11.9. The number of anilines is 2. The molecule has 0 bridgehead atoms. The largest absolute Gasteiger partial charge is 0.385 e. The summed E-state index contributed by atoms with van der Waals surface area (Å²) in [5.41, 5.74) is 2.54. The summed E-state index contributed by atoms with van der Waals surface area (Å²) < 4.78 is 0. The number of aromatic nitrogens is 1. The van der Waals surface area contributed by atoms with Crippen molar-refractivity contribution in [2.24, 2.45) is 0 Å². The predicted octanol–water partition coefficient (Wildman–Crippen LogP) is 3.08. The van der Waals surface area contributed by atoms with Crippen LogP contribution < -0.4 is 10.6 Å². The van der Waals surface area contributed by atoms with E-state index < -0.39 is 0 Å². The molecule has 21 heavy (non-hydrogen) atoms. The highest BCUT2D eigenvalue weighted by atomic mass is 16.6. The number of nitrogens with one attached hydrogen (secondary N) is 2. The summed E-state index contributed by atoms with van der Waals surface area (Å²) in [7, 11) is 0. The van der Waals surface area contributed by atoms with E-state index in [-0.39, 0.29) is 10.6 Å². The first-order chi connectivity index (χ1) is 10.2. The molecule has 0 atom stereocenters. The minimum Gasteiger partial charge on any atom is -0.385 e. The SMILES string of the molecule is CCNc1cc(NCCc2ccccn2)cc([N+](=O)[O-])c1. The van der Waals surface area contributed by atoms with Gasteiger partial charge in [-0.1, -0.05) is 6.07 Å². The lowest BCUT2D eigenvalue weighted by atomic mass is 10.2. The van der Waals surface area contributed by atoms with Crippen molar-refractivity contribution >= 4 is 17.1 Å². The van der Waals surface area contributed by atoms with Crippen molar-refractivity contribution in [1.29, 1.82) is 0 Å². The Bertz CT molecular complexity index is 602. The molecule has 6 heteroatoms. The van der Waals surface area contributed by atoms with Crippen LogP contribution in [0.25, 0.3) is 0 Å². The van der Waals surface area contributed by atoms with E-state index in [4.69, 9.17) is 0 Å². The summed E-state index contributed by atoms with van der Waals surface area (Å²) in [4.78, 5) is 14.8. The quantitative estimate of drug-likeness (QED) is 0.604. The van der Waals surface area contributed by atoms with Crippen LogP contribution in [0.3, 0.4) is 0 Å². The van der Waals surface area contributed by atoms with E-state index in [0.717, 1.165) is 23.5 Å². The first-order valence-electron chi connectivity index (χ1n) is 6.86. The van der Waals surface area contributed by atoms with Gasteiger partial charge in [-0.15, -0.1) is 0 Å². The molecule has 1 aromatic carbocycles. The smallest absolute Gasteiger partial charge is 0.273 e. The molecule has 0 aliphatic heterocycles. The van der Waals surface area contributed by atoms with Crippen LogP contribution in [0.2, 0.25) is 0 Å². The number of nitro benzene ring substituents is 1. The van der Waals surface area contributed by atoms with Crippen molar-refractivity contribution in [2.45, 2.75) is 13.3 Å². The van der Waals surface area contributed by atoms with Gasteiger partial charge in [-0.25, -0.2) is 0 Å². The Hall–Kier alpha value is -2.63. The lowest BCUT2D eigenvalue weighted by molar-refractivity contribution is -0.384. The number of pyridine rings is 1. The van der Waals surface area contributed by atoms with E-state index in [9.17, 15) is 10.1 Å². The molecule has 0 unspecified atom stereocenters. The van der Waals surface area contributed by atoms with Crippen molar-refractivity contribution in [3.05, 3.63) is 58.4 Å². The van der Waals surface area contributed by atoms with Gasteiger partial charge in [0.2, 0.25) is 0 Å². The van der Waals surface area contributed by atoms with E-state index in [1.165, 1.54) is 6.07 Å². The molecular formula is C15H18N4O2. The van der Waals surface area contributed by atoms with Crippen molar-refractivity contribution in [1.82, 2.24) is 4.98 Å². The van der Waals surface area contributed by atoms with Crippen molar-refractivity contribution in [2.75, 3.05) is 23.7 Å². The van der Waals surface area contributed by atoms with Gasteiger partial charge in [0.15, 0.2) is 0 Å². The molecule has 110 valence electrons. The van der Waals surface area contributed by atoms with Gasteiger partial charge in [-0.05, 0) is 25.1 Å². The van der Waals surface area contributed by atoms with Gasteiger partial charge in [0, 0.05) is 54.9 Å². The molecule has 2 aromatic rings. The average molecular weight is 286 g/mol. The van der Waals surface area contributed by atoms with E-state index in [1.54, 1.807) is 12.3 Å². The Labute approximate surface area is 123 Å². The van der Waals surface area contributed by atoms with Crippen molar-refractivity contribution in [3.8, 4) is 0 Å². The monoisotopic (exact) mass is 286 g/mol. The summed E-state index contributed by atoms with van der Waals surface area (Å²) >= 11 is 0. The standard InChI is InChI=1S/C15H18N4O2/c1-2-16-13-9-14(11-15(10-13)19(20)21)18-8-6-12-5-3-4-7-17-12/h3-5,7,9-11,16,18H,2,6,8H2,1H3. The van der Waals surface area contributed by atoms with Crippen LogP contribution >= 0.6 is 0 Å². The average Bonchev–Trinajstić information content (AvgIpc) is 2.48. The van der Waals surface area contributed by atoms with Gasteiger partial charge < -0.3 is 10.6 Å². The minimum absolute atomic E-state index is 0.0776. The number of nitro groups is 1. The number of hydrogen-bond acceptors (Lipinski definition) is 5. The Morgan fingerprint density at radius 1 is 1.19 bits per heavy atom. The van der Waals surface area contributed by atoms with E-state index in [1.807, 2.05) is 31.2 Å². The fourth-order valence-corrected chi connectivity index (χ4v) is 2.01. The van der Waals surface area contributed by atoms with Crippen LogP contribution in [0.5, 0.6) is 0 Å². The Morgan fingerprint density at radius 3 is 2.57 bits per heavy atom. The third-order valence-corrected chi connectivity index (χ3v) is 2.95. The lowest BCUT2D eigenvalue weighted by Crippen LogP contribution is -2.07. The maximum Gasteiger partial charge on any atom is 0.273 e. The molecule has 0 fully saturated rings. The first-order valence-corrected chi connectivity index (χ1v) is 6.86. The summed E-state index contributed by atoms with van der Waals surface area (Å²) in [5.74, 6) is 0. The third kappa shape index (κ3) is 4.45. The minimum atomic E-state index is -0.384. The van der Waals surface area contributed by atoms with Crippen molar-refractivity contribution < 1.29 is 4.92 Å². The van der Waals surface area contributed by atoms with Crippen LogP contribution in [0, 0.1) is 10.1 Å². The highest BCUT2D eigenvalue weighted by Crippen LogP contribution is 2.24. The number of non-ortho nitro benzene ring substituents is 1. The predicted molar refractivity (Wildman–Crippen MR) is 83.7 cm³/mol. The van der Waals surface area contributed by atoms with Gasteiger partial charge in [-0.3, -0.25) is 15.1 Å². The van der Waals surface area contributed by atoms with Crippen LogP contribution in [0.15, 0.2) is 42.6 Å². The highest BCUT2D eigenvalue weighted by Gasteiger charge is 2.09. The molecule has 2 rings (SSSR count). The molecule has 1 heterocycles. The lowest BCUT2D eigenvalue weighted by Gasteiger charge is -2.09. The molecule has 0 saturated heterocycles. The second-order valence-corrected chi connectivity index (χ2v) is 4.55. The van der Waals surface area contributed by atoms with Gasteiger partial charge >= 0.3 is 0 Å². The van der Waals surface area contributed by atoms with Crippen molar-refractivity contribution in [3.63, 3.8) is 0 Å². The molecule has 2 N–H and O–H groups in total. The Kier molecular flexibility index (Phi) is 5.09. The zero-order valence-corrected chi connectivity index (χ0v) is 11.9. The summed E-state index contributed by atoms with van der Waals surface area (Å²) in [6.07, 6.45) is 2.52. The first kappa shape index (κ1) is 14.8. The molecule has 6 nitrogen and oxygen atoms in total. The summed E-state index contributed by atoms with van der Waals surface area (Å²) in [6, 6.07) is 10.7. The molecule has 0 aliphatic rings. The normalized spacial score (nSPS) is 10.1. The van der Waals surface area contributed by atoms with Crippen LogP contribution in [0.4, 0.5) is 17.1 Å². The van der Waals surface area contributed by atoms with Crippen LogP contribution in [-0.2, 0) is 6.42 Å². The van der Waals surface area contributed by atoms with Crippen LogP contribution in [0.1, 0.15) is 12.6 Å². The van der Waals surface area contributed by atoms with E-state index >= 15 is 0 Å². The van der Waals surface area contributed by atoms with Crippen LogP contribution in [-0.4, -0.2) is 23.0 Å². The van der Waals surface area contributed by atoms with E-state index in [0.29, 0.717) is 13.1 Å². The topological polar surface area (TPSA) is 80.1 Å². The zero-order chi connectivity index (χ0) is 15.1. The molecular weight excluding hydrogens is 268 g/mol. The molecule has 1 aromatic heterocycles. The van der Waals surface area contributed by atoms with E-state index in [2.05, 4.69) is 15.6 Å². The number of nitrogens with zero attached hydrogens (tertiary/aromatic N) is 2. The van der Waals surface area contributed by atoms with Gasteiger partial charge in [0.1, 0.15) is 0 Å². The fraction of sp³-hybridized carbons (Fsp3) is 0.267. The maximum absolute atomic E-state index is 10.9. The summed E-state index contributed by atoms with van der Waals surface area (Å²) in [6.45, 7) is 3.34. The number of hydrogen-bond donors (Lipinski definition) is 2. The van der Waals surface area contributed by atoms with Gasteiger partial charge in [0.25, 0.3) is 5.69 Å². The second-order valence-electron chi connectivity index (χ2n) is 4.55. The number of benzene rings is 1. The van der Waals surface area contributed by atoms with Gasteiger partial charge in [-0.2, -0.15) is 0 Å². The van der Waals surface area contributed by atoms with Gasteiger partial charge in [0.05, 0.1) is 4.92 Å². The molecule has 0 radical (unpaired) electrons. The Morgan fingerprint density at radius 2 is 1.95 bits per heavy atom. The molecule has 0 amide bonds. The second kappa shape index (κ2) is 7.23. The molecule has 0 aliphatic carbocycles. The molecule has 0 spiro atoms. The fourth-order valence-electron chi connectivity index (χ4n) is 2.01. The maximum atomic E-state index is 10.9. The Balaban J connectivity index is 2.03. The number of rotatable bonds is 7.